The van der Waals surface area contributed by atoms with Crippen LogP contribution in [0.25, 0.3) is 15.6 Å². The summed E-state index contributed by atoms with van der Waals surface area (Å²) >= 11 is 0. The molecule has 1 aromatic heterocycles. The second-order valence-electron chi connectivity index (χ2n) is 14.0. The molecule has 0 unspecified atom stereocenters. The highest BCUT2D eigenvalue weighted by Gasteiger charge is 2.43. The summed E-state index contributed by atoms with van der Waals surface area (Å²) in [6.45, 7) is 13.5. The van der Waals surface area contributed by atoms with E-state index in [2.05, 4.69) is 58.0 Å². The third kappa shape index (κ3) is 8.40. The zero-order chi connectivity index (χ0) is 35.0. The van der Waals surface area contributed by atoms with E-state index >= 15 is 0 Å². The van der Waals surface area contributed by atoms with Gasteiger partial charge in [0.15, 0.2) is 0 Å². The number of likely N-dealkylation sites (tertiary alicyclic amines) is 2. The van der Waals surface area contributed by atoms with Crippen LogP contribution in [0.15, 0.2) is 48.6 Å². The van der Waals surface area contributed by atoms with Gasteiger partial charge in [-0.3, -0.25) is 14.6 Å². The van der Waals surface area contributed by atoms with Crippen LogP contribution in [0.3, 0.4) is 0 Å². The molecule has 0 aliphatic carbocycles. The maximum absolute atomic E-state index is 14.2. The van der Waals surface area contributed by atoms with E-state index in [1.165, 1.54) is 22.4 Å². The smallest absolute Gasteiger partial charge is 0.318 e. The van der Waals surface area contributed by atoms with Crippen molar-refractivity contribution in [3.63, 3.8) is 0 Å². The molecule has 10 nitrogen and oxygen atoms in total. The number of aromatic nitrogens is 2. The molecule has 3 aromatic rings. The number of benzene rings is 2. The number of fused-ring (bicyclic) bond motifs is 2. The van der Waals surface area contributed by atoms with Gasteiger partial charge < -0.3 is 24.3 Å². The first-order valence-corrected chi connectivity index (χ1v) is 17.3. The van der Waals surface area contributed by atoms with Gasteiger partial charge in [0.1, 0.15) is 24.6 Å². The summed E-state index contributed by atoms with van der Waals surface area (Å²) in [4.78, 5) is 36.4. The van der Waals surface area contributed by atoms with Gasteiger partial charge in [-0.15, -0.1) is 0 Å². The van der Waals surface area contributed by atoms with E-state index in [0.29, 0.717) is 58.1 Å². The molecule has 5 heterocycles. The predicted octanol–water partition coefficient (Wildman–Crippen LogP) is 4.59. The van der Waals surface area contributed by atoms with Crippen LogP contribution >= 0.6 is 27.0 Å². The number of aryl methyl sites for hydroxylation is 1. The van der Waals surface area contributed by atoms with Crippen LogP contribution in [0.2, 0.25) is 0 Å². The lowest BCUT2D eigenvalue weighted by molar-refractivity contribution is -0.128. The van der Waals surface area contributed by atoms with Crippen molar-refractivity contribution in [2.45, 2.75) is 50.5 Å². The SMILES string of the molecule is S.S.[C-]#[N+]C[C@H]1CN(c2nc(OC[C@@H]3CC(F)(F)CN3C)nc3c2CCN(c2cccc4cccc(C)c24)C3)CCN1C(=O)/C=C/CN1CC(F)C1. The first kappa shape index (κ1) is 39.5. The van der Waals surface area contributed by atoms with Crippen LogP contribution in [0.1, 0.15) is 23.2 Å². The lowest BCUT2D eigenvalue weighted by Crippen LogP contribution is -2.56. The molecule has 0 N–H and O–H groups in total. The maximum atomic E-state index is 14.2. The van der Waals surface area contributed by atoms with Gasteiger partial charge >= 0.3 is 6.01 Å². The Labute approximate surface area is 317 Å². The van der Waals surface area contributed by atoms with E-state index < -0.39 is 18.1 Å². The summed E-state index contributed by atoms with van der Waals surface area (Å²) in [7, 11) is 1.68. The number of nitrogens with zero attached hydrogens (tertiary/aromatic N) is 8. The number of halogens is 3. The molecular formula is C37H47F3N8O2S2. The zero-order valence-corrected chi connectivity index (χ0v) is 31.6. The van der Waals surface area contributed by atoms with Crippen LogP contribution in [-0.2, 0) is 17.8 Å². The van der Waals surface area contributed by atoms with Gasteiger partial charge in [0.05, 0.1) is 18.8 Å². The number of alkyl halides is 3. The summed E-state index contributed by atoms with van der Waals surface area (Å²) in [5.74, 6) is -2.22. The first-order valence-electron chi connectivity index (χ1n) is 17.3. The van der Waals surface area contributed by atoms with Gasteiger partial charge in [0.25, 0.3) is 5.92 Å². The number of hydrogen-bond donors (Lipinski definition) is 0. The van der Waals surface area contributed by atoms with Crippen LogP contribution in [0, 0.1) is 13.5 Å². The number of amides is 1. The monoisotopic (exact) mass is 756 g/mol. The van der Waals surface area contributed by atoms with Crippen molar-refractivity contribution >= 4 is 55.2 Å². The van der Waals surface area contributed by atoms with E-state index in [-0.39, 0.29) is 71.1 Å². The average Bonchev–Trinajstić information content (AvgIpc) is 3.36. The van der Waals surface area contributed by atoms with Crippen molar-refractivity contribution in [2.75, 3.05) is 82.4 Å². The third-order valence-corrected chi connectivity index (χ3v) is 10.4. The number of likely N-dealkylation sites (N-methyl/N-ethyl adjacent to an activating group) is 1. The molecule has 2 aromatic carbocycles. The van der Waals surface area contributed by atoms with Crippen LogP contribution < -0.4 is 14.5 Å². The standard InChI is InChI=1S/C37H43F3N8O2.2H2S/c1-25-7-4-8-26-9-5-10-32(34(25)26)46-14-12-30-31(22-46)42-36(50-23-28-17-37(39,40)24-44(28)3)43-35(30)47-15-16-48(29(21-47)18-41-2)33(49)11-6-13-45-19-27(38)20-45;;/h4-11,27-29H,12-24H2,1,3H3;2*1H2/b11-6+;;/t28-,29-;;/m0../s1. The molecule has 1 amide bonds. The molecule has 0 spiro atoms. The minimum atomic E-state index is -2.77. The van der Waals surface area contributed by atoms with Crippen molar-refractivity contribution in [1.82, 2.24) is 24.7 Å². The largest absolute Gasteiger partial charge is 0.462 e. The van der Waals surface area contributed by atoms with Crippen LogP contribution in [-0.4, -0.2) is 127 Å². The molecule has 0 saturated carbocycles. The molecule has 2 atom stereocenters. The molecule has 3 fully saturated rings. The Morgan fingerprint density at radius 3 is 2.54 bits per heavy atom. The Bertz CT molecular complexity index is 1820. The number of rotatable bonds is 9. The van der Waals surface area contributed by atoms with Gasteiger partial charge in [0, 0.05) is 81.0 Å². The van der Waals surface area contributed by atoms with E-state index in [4.69, 9.17) is 21.3 Å². The van der Waals surface area contributed by atoms with Crippen LogP contribution in [0.4, 0.5) is 24.7 Å². The molecular weight excluding hydrogens is 710 g/mol. The molecule has 0 radical (unpaired) electrons. The van der Waals surface area contributed by atoms with Gasteiger partial charge in [0.2, 0.25) is 12.5 Å². The summed E-state index contributed by atoms with van der Waals surface area (Å²) in [5.41, 5.74) is 4.13. The Balaban J connectivity index is 0.00000261. The number of anilines is 2. The Hall–Kier alpha value is -3.71. The minimum Gasteiger partial charge on any atom is -0.462 e. The lowest BCUT2D eigenvalue weighted by atomic mass is 9.99. The van der Waals surface area contributed by atoms with Gasteiger partial charge in [-0.25, -0.2) is 19.7 Å². The van der Waals surface area contributed by atoms with Crippen molar-refractivity contribution in [2.24, 2.45) is 0 Å². The predicted molar refractivity (Wildman–Crippen MR) is 207 cm³/mol. The summed E-state index contributed by atoms with van der Waals surface area (Å²) < 4.78 is 47.6. The normalized spacial score (nSPS) is 22.0. The fourth-order valence-electron chi connectivity index (χ4n) is 7.76. The number of carbonyl (C=O) groups is 1. The van der Waals surface area contributed by atoms with E-state index in [1.807, 2.05) is 4.90 Å². The van der Waals surface area contributed by atoms with E-state index in [1.54, 1.807) is 22.9 Å². The zero-order valence-electron chi connectivity index (χ0n) is 29.6. The van der Waals surface area contributed by atoms with E-state index in [0.717, 1.165) is 23.5 Å². The summed E-state index contributed by atoms with van der Waals surface area (Å²) in [6.07, 6.45) is 2.89. The highest BCUT2D eigenvalue weighted by molar-refractivity contribution is 7.59. The van der Waals surface area contributed by atoms with Gasteiger partial charge in [-0.05, 0) is 37.4 Å². The number of hydrogen-bond acceptors (Lipinski definition) is 8. The fraction of sp³-hybridized carbons (Fsp3) is 0.514. The topological polar surface area (TPSA) is 72.6 Å². The Morgan fingerprint density at radius 2 is 1.83 bits per heavy atom. The average molecular weight is 757 g/mol. The second kappa shape index (κ2) is 16.5. The Kier molecular flexibility index (Phi) is 12.6. The van der Waals surface area contributed by atoms with Crippen molar-refractivity contribution < 1.29 is 22.7 Å². The molecule has 52 heavy (non-hydrogen) atoms. The summed E-state index contributed by atoms with van der Waals surface area (Å²) in [5, 5.41) is 2.36. The number of ether oxygens (including phenoxy) is 1. The quantitative estimate of drug-likeness (QED) is 0.232. The molecule has 0 bridgehead atoms. The first-order chi connectivity index (χ1) is 24.1. The van der Waals surface area contributed by atoms with Gasteiger partial charge in [-0.1, -0.05) is 36.4 Å². The van der Waals surface area contributed by atoms with Gasteiger partial charge in [-0.2, -0.15) is 37.0 Å². The lowest BCUT2D eigenvalue weighted by Gasteiger charge is -2.41. The highest BCUT2D eigenvalue weighted by Crippen LogP contribution is 2.36. The summed E-state index contributed by atoms with van der Waals surface area (Å²) in [6, 6.07) is 11.9. The highest BCUT2D eigenvalue weighted by atomic mass is 32.1. The molecule has 3 saturated heterocycles. The van der Waals surface area contributed by atoms with E-state index in [9.17, 15) is 18.0 Å². The Morgan fingerprint density at radius 1 is 1.06 bits per heavy atom. The third-order valence-electron chi connectivity index (χ3n) is 10.4. The minimum absolute atomic E-state index is 0. The molecule has 4 aliphatic rings. The number of piperazine rings is 1. The van der Waals surface area contributed by atoms with Crippen molar-refractivity contribution in [1.29, 1.82) is 0 Å². The second-order valence-corrected chi connectivity index (χ2v) is 14.0. The maximum Gasteiger partial charge on any atom is 0.318 e. The number of carbonyl (C=O) groups excluding carboxylic acids is 1. The molecule has 4 aliphatic heterocycles. The van der Waals surface area contributed by atoms with Crippen molar-refractivity contribution in [3.8, 4) is 6.01 Å². The molecule has 7 rings (SSSR count). The van der Waals surface area contributed by atoms with Crippen LogP contribution in [0.5, 0.6) is 6.01 Å². The molecule has 15 heteroatoms. The van der Waals surface area contributed by atoms with Crippen molar-refractivity contribution in [3.05, 3.63) is 76.8 Å². The molecule has 280 valence electrons. The fourth-order valence-corrected chi connectivity index (χ4v) is 7.76.